The van der Waals surface area contributed by atoms with Gasteiger partial charge in [0.15, 0.2) is 8.32 Å². The van der Waals surface area contributed by atoms with E-state index in [0.717, 1.165) is 12.8 Å². The quantitative estimate of drug-likeness (QED) is 0.152. The van der Waals surface area contributed by atoms with Gasteiger partial charge in [0.25, 0.3) is 0 Å². The largest absolute Gasteiger partial charge is 0.469 e. The van der Waals surface area contributed by atoms with Gasteiger partial charge in [0.1, 0.15) is 12.2 Å². The number of carbonyl (C=O) groups is 2. The second-order valence-electron chi connectivity index (χ2n) is 7.97. The first-order chi connectivity index (χ1) is 11.8. The number of ketones is 1. The summed E-state index contributed by atoms with van der Waals surface area (Å²) in [5.74, 6) is -0.536. The number of hydrogen-bond donors (Lipinski definition) is 0. The average Bonchev–Trinajstić information content (AvgIpc) is 2.51. The molecule has 0 amide bonds. The van der Waals surface area contributed by atoms with Crippen LogP contribution in [-0.2, 0) is 18.8 Å². The molecule has 0 aliphatic rings. The average molecular weight is 373 g/mol. The Kier molecular flexibility index (Phi) is 14.1. The number of esters is 1. The maximum absolute atomic E-state index is 12.0. The third-order valence-corrected chi connectivity index (χ3v) is 5.21. The lowest BCUT2D eigenvalue weighted by Gasteiger charge is -2.26. The number of Topliss-reactive ketones (excluding diaryl/α,β-unsaturated/α-hetero) is 1. The predicted octanol–water partition coefficient (Wildman–Crippen LogP) is 5.65. The highest BCUT2D eigenvalue weighted by molar-refractivity contribution is 6.69. The van der Waals surface area contributed by atoms with Gasteiger partial charge in [0, 0.05) is 6.42 Å². The zero-order chi connectivity index (χ0) is 19.1. The fourth-order valence-corrected chi connectivity index (χ4v) is 4.15. The Morgan fingerprint density at radius 2 is 1.40 bits per heavy atom. The Bertz CT molecular complexity index is 363. The number of ether oxygens (including phenoxy) is 1. The molecule has 0 aromatic rings. The van der Waals surface area contributed by atoms with Crippen LogP contribution in [0.2, 0.25) is 19.6 Å². The molecule has 0 aliphatic carbocycles. The fourth-order valence-electron chi connectivity index (χ4n) is 2.94. The highest BCUT2D eigenvalue weighted by atomic mass is 28.4. The molecular formula is C20H40O4Si. The minimum Gasteiger partial charge on any atom is -0.469 e. The third-order valence-electron chi connectivity index (χ3n) is 4.17. The van der Waals surface area contributed by atoms with E-state index >= 15 is 0 Å². The van der Waals surface area contributed by atoms with Gasteiger partial charge in [0.05, 0.1) is 13.2 Å². The SMILES string of the molecule is CCCCCCCCCCC[C@H](CC(=O)CC(=O)OC)O[Si](C)(C)C. The normalized spacial score (nSPS) is 12.8. The highest BCUT2D eigenvalue weighted by Gasteiger charge is 2.23. The topological polar surface area (TPSA) is 52.6 Å². The second-order valence-corrected chi connectivity index (χ2v) is 12.4. The fraction of sp³-hybridized carbons (Fsp3) is 0.900. The summed E-state index contributed by atoms with van der Waals surface area (Å²) in [7, 11) is -0.384. The van der Waals surface area contributed by atoms with Gasteiger partial charge in [-0.25, -0.2) is 0 Å². The molecule has 0 saturated heterocycles. The molecule has 0 N–H and O–H groups in total. The van der Waals surface area contributed by atoms with Crippen molar-refractivity contribution in [3.05, 3.63) is 0 Å². The van der Waals surface area contributed by atoms with Gasteiger partial charge in [-0.2, -0.15) is 0 Å². The minimum absolute atomic E-state index is 0.0478. The van der Waals surface area contributed by atoms with Crippen molar-refractivity contribution < 1.29 is 18.8 Å². The maximum Gasteiger partial charge on any atom is 0.313 e. The summed E-state index contributed by atoms with van der Waals surface area (Å²) in [6.07, 6.45) is 12.6. The molecule has 0 heterocycles. The highest BCUT2D eigenvalue weighted by Crippen LogP contribution is 2.18. The number of methoxy groups -OCH3 is 1. The van der Waals surface area contributed by atoms with E-state index in [1.807, 2.05) is 0 Å². The van der Waals surface area contributed by atoms with E-state index in [4.69, 9.17) is 4.43 Å². The van der Waals surface area contributed by atoms with E-state index in [1.165, 1.54) is 58.5 Å². The molecule has 0 spiro atoms. The van der Waals surface area contributed by atoms with Gasteiger partial charge in [-0.05, 0) is 26.1 Å². The van der Waals surface area contributed by atoms with Gasteiger partial charge < -0.3 is 9.16 Å². The molecule has 0 aromatic carbocycles. The van der Waals surface area contributed by atoms with E-state index in [-0.39, 0.29) is 18.3 Å². The van der Waals surface area contributed by atoms with Crippen molar-refractivity contribution >= 4 is 20.1 Å². The van der Waals surface area contributed by atoms with Crippen LogP contribution in [0.3, 0.4) is 0 Å². The van der Waals surface area contributed by atoms with Crippen LogP contribution in [0.5, 0.6) is 0 Å². The van der Waals surface area contributed by atoms with Crippen LogP contribution in [0.25, 0.3) is 0 Å². The molecule has 0 unspecified atom stereocenters. The molecule has 0 radical (unpaired) electrons. The summed E-state index contributed by atoms with van der Waals surface area (Å²) < 4.78 is 10.7. The number of hydrogen-bond acceptors (Lipinski definition) is 4. The molecule has 0 saturated carbocycles. The molecule has 0 bridgehead atoms. The minimum atomic E-state index is -1.70. The molecule has 0 aliphatic heterocycles. The molecular weight excluding hydrogens is 332 g/mol. The maximum atomic E-state index is 12.0. The lowest BCUT2D eigenvalue weighted by atomic mass is 10.0. The predicted molar refractivity (Wildman–Crippen MR) is 106 cm³/mol. The monoisotopic (exact) mass is 372 g/mol. The van der Waals surface area contributed by atoms with Crippen molar-refractivity contribution in [2.75, 3.05) is 7.11 Å². The van der Waals surface area contributed by atoms with E-state index in [0.29, 0.717) is 6.42 Å². The van der Waals surface area contributed by atoms with Gasteiger partial charge in [0.2, 0.25) is 0 Å². The third kappa shape index (κ3) is 16.5. The Balaban J connectivity index is 4.03. The van der Waals surface area contributed by atoms with Crippen molar-refractivity contribution in [3.8, 4) is 0 Å². The van der Waals surface area contributed by atoms with Crippen LogP contribution >= 0.6 is 0 Å². The standard InChI is InChI=1S/C20H40O4Si/c1-6-7-8-9-10-11-12-13-14-15-19(24-25(3,4)5)16-18(21)17-20(22)23-2/h19H,6-17H2,1-5H3/t19-/m1/s1. The van der Waals surface area contributed by atoms with E-state index in [1.54, 1.807) is 0 Å². The summed E-state index contributed by atoms with van der Waals surface area (Å²) in [5.41, 5.74) is 0. The molecule has 25 heavy (non-hydrogen) atoms. The van der Waals surface area contributed by atoms with Gasteiger partial charge in [-0.1, -0.05) is 64.7 Å². The van der Waals surface area contributed by atoms with Crippen molar-refractivity contribution in [1.29, 1.82) is 0 Å². The first kappa shape index (κ1) is 24.3. The van der Waals surface area contributed by atoms with Crippen LogP contribution in [-0.4, -0.2) is 33.3 Å². The first-order valence-electron chi connectivity index (χ1n) is 10.0. The van der Waals surface area contributed by atoms with E-state index < -0.39 is 14.3 Å². The lowest BCUT2D eigenvalue weighted by molar-refractivity contribution is -0.143. The summed E-state index contributed by atoms with van der Waals surface area (Å²) in [4.78, 5) is 23.2. The zero-order valence-corrected chi connectivity index (χ0v) is 18.2. The van der Waals surface area contributed by atoms with Crippen LogP contribution in [0.15, 0.2) is 0 Å². The Morgan fingerprint density at radius 3 is 1.88 bits per heavy atom. The molecule has 5 heteroatoms. The van der Waals surface area contributed by atoms with Gasteiger partial charge in [-0.15, -0.1) is 0 Å². The van der Waals surface area contributed by atoms with E-state index in [2.05, 4.69) is 31.3 Å². The van der Waals surface area contributed by atoms with Gasteiger partial charge >= 0.3 is 5.97 Å². The van der Waals surface area contributed by atoms with Crippen LogP contribution in [0.1, 0.15) is 84.0 Å². The number of rotatable bonds is 16. The molecule has 0 fully saturated rings. The number of carbonyl (C=O) groups excluding carboxylic acids is 2. The Labute approximate surface area is 156 Å². The van der Waals surface area contributed by atoms with Crippen molar-refractivity contribution in [1.82, 2.24) is 0 Å². The summed E-state index contributed by atoms with van der Waals surface area (Å²) >= 11 is 0. The smallest absolute Gasteiger partial charge is 0.313 e. The van der Waals surface area contributed by atoms with Crippen molar-refractivity contribution in [2.24, 2.45) is 0 Å². The van der Waals surface area contributed by atoms with E-state index in [9.17, 15) is 9.59 Å². The molecule has 0 rings (SSSR count). The second kappa shape index (κ2) is 14.5. The van der Waals surface area contributed by atoms with Crippen LogP contribution in [0.4, 0.5) is 0 Å². The number of unbranched alkanes of at least 4 members (excludes halogenated alkanes) is 8. The molecule has 1 atom stereocenters. The van der Waals surface area contributed by atoms with Crippen LogP contribution in [0, 0.1) is 0 Å². The zero-order valence-electron chi connectivity index (χ0n) is 17.2. The van der Waals surface area contributed by atoms with Crippen molar-refractivity contribution in [2.45, 2.75) is 110 Å². The summed E-state index contributed by atoms with van der Waals surface area (Å²) in [5, 5.41) is 0. The van der Waals surface area contributed by atoms with Gasteiger partial charge in [-0.3, -0.25) is 9.59 Å². The summed E-state index contributed by atoms with van der Waals surface area (Å²) in [6, 6.07) is 0. The molecule has 4 nitrogen and oxygen atoms in total. The first-order valence-corrected chi connectivity index (χ1v) is 13.5. The Hall–Kier alpha value is -0.683. The molecule has 0 aromatic heterocycles. The Morgan fingerprint density at radius 1 is 0.880 bits per heavy atom. The van der Waals surface area contributed by atoms with Crippen LogP contribution < -0.4 is 0 Å². The molecule has 148 valence electrons. The lowest BCUT2D eigenvalue weighted by Crippen LogP contribution is -2.33. The van der Waals surface area contributed by atoms with Crippen molar-refractivity contribution in [3.63, 3.8) is 0 Å². The summed E-state index contributed by atoms with van der Waals surface area (Å²) in [6.45, 7) is 8.66.